The second-order valence-corrected chi connectivity index (χ2v) is 5.50. The van der Waals surface area contributed by atoms with E-state index in [1.54, 1.807) is 31.4 Å². The smallest absolute Gasteiger partial charge is 0.278 e. The van der Waals surface area contributed by atoms with Gasteiger partial charge in [-0.3, -0.25) is 4.79 Å². The van der Waals surface area contributed by atoms with Crippen molar-refractivity contribution in [1.82, 2.24) is 9.38 Å². The zero-order valence-electron chi connectivity index (χ0n) is 11.9. The number of ether oxygens (including phenoxy) is 1. The number of benzene rings is 1. The Morgan fingerprint density at radius 2 is 1.96 bits per heavy atom. The van der Waals surface area contributed by atoms with Crippen molar-refractivity contribution in [3.63, 3.8) is 0 Å². The number of aromatic nitrogens is 2. The van der Waals surface area contributed by atoms with E-state index in [1.165, 1.54) is 0 Å². The standard InChI is InChI=1S/C15H9N5O2S/c1-22-9-4-2-8(3-5-9)12-10(6-16)14(21)20-13(18)11(7-17)23-15(20)19-12/h2-5H,18H2,1H3. The maximum atomic E-state index is 12.5. The van der Waals surface area contributed by atoms with Gasteiger partial charge in [-0.25, -0.2) is 9.38 Å². The van der Waals surface area contributed by atoms with Crippen LogP contribution in [0.2, 0.25) is 0 Å². The van der Waals surface area contributed by atoms with Crippen LogP contribution in [0.25, 0.3) is 16.2 Å². The number of methoxy groups -OCH3 is 1. The normalized spacial score (nSPS) is 10.2. The Kier molecular flexibility index (Phi) is 3.45. The molecule has 0 aliphatic carbocycles. The summed E-state index contributed by atoms with van der Waals surface area (Å²) >= 11 is 1.01. The summed E-state index contributed by atoms with van der Waals surface area (Å²) in [5.41, 5.74) is 5.94. The minimum Gasteiger partial charge on any atom is -0.497 e. The van der Waals surface area contributed by atoms with Crippen LogP contribution >= 0.6 is 11.3 Å². The minimum absolute atomic E-state index is 0.00257. The number of rotatable bonds is 2. The zero-order chi connectivity index (χ0) is 16.6. The van der Waals surface area contributed by atoms with Crippen LogP contribution in [0.3, 0.4) is 0 Å². The first-order chi connectivity index (χ1) is 11.1. The van der Waals surface area contributed by atoms with Gasteiger partial charge in [-0.2, -0.15) is 10.5 Å². The molecule has 2 aromatic heterocycles. The molecule has 1 aromatic carbocycles. The number of nitriles is 2. The molecule has 8 heteroatoms. The lowest BCUT2D eigenvalue weighted by atomic mass is 10.1. The summed E-state index contributed by atoms with van der Waals surface area (Å²) in [7, 11) is 1.55. The van der Waals surface area contributed by atoms with Crippen molar-refractivity contribution in [3.05, 3.63) is 45.1 Å². The van der Waals surface area contributed by atoms with Crippen LogP contribution in [-0.4, -0.2) is 16.5 Å². The van der Waals surface area contributed by atoms with Gasteiger partial charge < -0.3 is 10.5 Å². The quantitative estimate of drug-likeness (QED) is 0.768. The third-order valence-corrected chi connectivity index (χ3v) is 4.26. The van der Waals surface area contributed by atoms with E-state index in [0.717, 1.165) is 15.7 Å². The van der Waals surface area contributed by atoms with E-state index in [2.05, 4.69) is 4.98 Å². The molecule has 112 valence electrons. The van der Waals surface area contributed by atoms with Crippen LogP contribution in [0.15, 0.2) is 29.1 Å². The first-order valence-corrected chi connectivity index (χ1v) is 7.22. The predicted molar refractivity (Wildman–Crippen MR) is 85.2 cm³/mol. The van der Waals surface area contributed by atoms with Gasteiger partial charge in [-0.1, -0.05) is 11.3 Å². The van der Waals surface area contributed by atoms with Gasteiger partial charge in [0.05, 0.1) is 12.8 Å². The van der Waals surface area contributed by atoms with Gasteiger partial charge in [0.1, 0.15) is 34.1 Å². The number of fused-ring (bicyclic) bond motifs is 1. The molecule has 3 aromatic rings. The summed E-state index contributed by atoms with van der Waals surface area (Å²) in [6, 6.07) is 10.6. The number of thiazole rings is 1. The van der Waals surface area contributed by atoms with Crippen molar-refractivity contribution in [1.29, 1.82) is 10.5 Å². The van der Waals surface area contributed by atoms with E-state index in [0.29, 0.717) is 11.3 Å². The summed E-state index contributed by atoms with van der Waals surface area (Å²) < 4.78 is 6.18. The molecule has 0 bridgehead atoms. The fourth-order valence-electron chi connectivity index (χ4n) is 2.17. The van der Waals surface area contributed by atoms with E-state index < -0.39 is 5.56 Å². The van der Waals surface area contributed by atoms with Crippen molar-refractivity contribution < 1.29 is 4.74 Å². The molecule has 23 heavy (non-hydrogen) atoms. The monoisotopic (exact) mass is 323 g/mol. The van der Waals surface area contributed by atoms with Gasteiger partial charge in [0.15, 0.2) is 4.96 Å². The van der Waals surface area contributed by atoms with E-state index in [1.807, 2.05) is 12.1 Å². The van der Waals surface area contributed by atoms with Crippen LogP contribution in [0.1, 0.15) is 10.4 Å². The molecule has 0 fully saturated rings. The lowest BCUT2D eigenvalue weighted by molar-refractivity contribution is 0.415. The lowest BCUT2D eigenvalue weighted by Crippen LogP contribution is -2.20. The minimum atomic E-state index is -0.585. The molecule has 0 atom stereocenters. The van der Waals surface area contributed by atoms with Crippen molar-refractivity contribution in [3.8, 4) is 29.1 Å². The second kappa shape index (κ2) is 5.44. The Morgan fingerprint density at radius 3 is 2.52 bits per heavy atom. The number of nitrogens with two attached hydrogens (primary N) is 1. The predicted octanol–water partition coefficient (Wildman–Crippen LogP) is 1.76. The number of nitrogens with zero attached hydrogens (tertiary/aromatic N) is 4. The Morgan fingerprint density at radius 1 is 1.26 bits per heavy atom. The lowest BCUT2D eigenvalue weighted by Gasteiger charge is -2.05. The van der Waals surface area contributed by atoms with Gasteiger partial charge in [0.25, 0.3) is 5.56 Å². The fraction of sp³-hybridized carbons (Fsp3) is 0.0667. The first-order valence-electron chi connectivity index (χ1n) is 6.40. The van der Waals surface area contributed by atoms with Crippen LogP contribution in [0.5, 0.6) is 5.75 Å². The van der Waals surface area contributed by atoms with Crippen molar-refractivity contribution in [2.45, 2.75) is 0 Å². The molecule has 0 amide bonds. The fourth-order valence-corrected chi connectivity index (χ4v) is 3.00. The molecule has 2 heterocycles. The first kappa shape index (κ1) is 14.6. The van der Waals surface area contributed by atoms with Crippen molar-refractivity contribution >= 4 is 22.1 Å². The molecule has 2 N–H and O–H groups in total. The van der Waals surface area contributed by atoms with E-state index in [4.69, 9.17) is 15.7 Å². The molecule has 0 saturated heterocycles. The molecular weight excluding hydrogens is 314 g/mol. The maximum absolute atomic E-state index is 12.5. The van der Waals surface area contributed by atoms with Crippen LogP contribution < -0.4 is 16.0 Å². The topological polar surface area (TPSA) is 117 Å². The third-order valence-electron chi connectivity index (χ3n) is 3.30. The summed E-state index contributed by atoms with van der Waals surface area (Å²) in [6.07, 6.45) is 0. The highest BCUT2D eigenvalue weighted by atomic mass is 32.1. The third kappa shape index (κ3) is 2.18. The zero-order valence-corrected chi connectivity index (χ0v) is 12.7. The van der Waals surface area contributed by atoms with Crippen LogP contribution in [0, 0.1) is 22.7 Å². The number of anilines is 1. The molecule has 0 aliphatic heterocycles. The largest absolute Gasteiger partial charge is 0.497 e. The molecule has 3 rings (SSSR count). The van der Waals surface area contributed by atoms with E-state index >= 15 is 0 Å². The Bertz CT molecular complexity index is 1050. The van der Waals surface area contributed by atoms with Gasteiger partial charge in [-0.15, -0.1) is 0 Å². The van der Waals surface area contributed by atoms with Gasteiger partial charge in [0.2, 0.25) is 0 Å². The number of nitrogen functional groups attached to an aromatic ring is 1. The molecule has 0 unspecified atom stereocenters. The molecule has 0 aliphatic rings. The van der Waals surface area contributed by atoms with E-state index in [9.17, 15) is 10.1 Å². The number of hydrogen-bond donors (Lipinski definition) is 1. The average Bonchev–Trinajstić information content (AvgIpc) is 2.91. The highest BCUT2D eigenvalue weighted by molar-refractivity contribution is 7.18. The van der Waals surface area contributed by atoms with Crippen molar-refractivity contribution in [2.75, 3.05) is 12.8 Å². The molecule has 7 nitrogen and oxygen atoms in total. The number of hydrogen-bond acceptors (Lipinski definition) is 7. The molecule has 0 radical (unpaired) electrons. The van der Waals surface area contributed by atoms with Crippen LogP contribution in [0.4, 0.5) is 5.82 Å². The van der Waals surface area contributed by atoms with Crippen molar-refractivity contribution in [2.24, 2.45) is 0 Å². The van der Waals surface area contributed by atoms with Gasteiger partial charge in [0, 0.05) is 5.56 Å². The Balaban J connectivity index is 2.35. The Labute approximate surface area is 134 Å². The molecular formula is C15H9N5O2S. The SMILES string of the molecule is COc1ccc(-c2nc3sc(C#N)c(N)n3c(=O)c2C#N)cc1. The van der Waals surface area contributed by atoms with Gasteiger partial charge >= 0.3 is 0 Å². The average molecular weight is 323 g/mol. The van der Waals surface area contributed by atoms with Crippen LogP contribution in [-0.2, 0) is 0 Å². The highest BCUT2D eigenvalue weighted by Gasteiger charge is 2.19. The summed E-state index contributed by atoms with van der Waals surface area (Å²) in [4.78, 5) is 17.3. The van der Waals surface area contributed by atoms with E-state index in [-0.39, 0.29) is 26.9 Å². The van der Waals surface area contributed by atoms with Gasteiger partial charge in [-0.05, 0) is 24.3 Å². The summed E-state index contributed by atoms with van der Waals surface area (Å²) in [6.45, 7) is 0. The second-order valence-electron chi connectivity index (χ2n) is 4.53. The summed E-state index contributed by atoms with van der Waals surface area (Å²) in [5, 5.41) is 18.4. The molecule has 0 saturated carbocycles. The maximum Gasteiger partial charge on any atom is 0.278 e. The highest BCUT2D eigenvalue weighted by Crippen LogP contribution is 2.27. The summed E-state index contributed by atoms with van der Waals surface area (Å²) in [5.74, 6) is 0.653. The molecule has 0 spiro atoms. The Hall–Kier alpha value is -3.36.